The van der Waals surface area contributed by atoms with E-state index in [0.29, 0.717) is 37.0 Å². The minimum Gasteiger partial charge on any atom is -0.465 e. The van der Waals surface area contributed by atoms with E-state index in [-0.39, 0.29) is 24.8 Å². The molecule has 0 atom stereocenters. The molecule has 0 heterocycles. The topological polar surface area (TPSA) is 52.6 Å². The number of hydrogen-bond acceptors (Lipinski definition) is 4. The first-order valence-corrected chi connectivity index (χ1v) is 7.91. The zero-order chi connectivity index (χ0) is 16.4. The Labute approximate surface area is 136 Å². The predicted molar refractivity (Wildman–Crippen MR) is 85.8 cm³/mol. The lowest BCUT2D eigenvalue weighted by Crippen LogP contribution is -2.11. The van der Waals surface area contributed by atoms with Gasteiger partial charge in [0.2, 0.25) is 0 Å². The van der Waals surface area contributed by atoms with Gasteiger partial charge in [-0.3, -0.25) is 9.59 Å². The molecule has 1 rings (SSSR count). The van der Waals surface area contributed by atoms with Crippen LogP contribution in [-0.2, 0) is 25.5 Å². The minimum atomic E-state index is -0.302. The van der Waals surface area contributed by atoms with Crippen molar-refractivity contribution in [3.63, 3.8) is 0 Å². The molecule has 122 valence electrons. The van der Waals surface area contributed by atoms with Crippen LogP contribution in [-0.4, -0.2) is 25.2 Å². The standard InChI is InChI=1S/C17H23ClO4/c1-13(2)12-22-17(20)9-5-8-16(19)21-11-10-14-6-3-4-7-15(14)18/h3-4,6-7,13H,5,8-12H2,1-2H3. The second-order valence-corrected chi connectivity index (χ2v) is 5.90. The second kappa shape index (κ2) is 10.2. The smallest absolute Gasteiger partial charge is 0.305 e. The molecule has 0 aliphatic rings. The van der Waals surface area contributed by atoms with Crippen LogP contribution in [0.25, 0.3) is 0 Å². The maximum atomic E-state index is 11.6. The normalized spacial score (nSPS) is 10.5. The molecule has 0 aliphatic heterocycles. The number of halogens is 1. The Hall–Kier alpha value is -1.55. The van der Waals surface area contributed by atoms with E-state index in [1.807, 2.05) is 38.1 Å². The summed E-state index contributed by atoms with van der Waals surface area (Å²) in [5.74, 6) is -0.250. The van der Waals surface area contributed by atoms with Crippen LogP contribution in [0.15, 0.2) is 24.3 Å². The molecule has 4 nitrogen and oxygen atoms in total. The van der Waals surface area contributed by atoms with Gasteiger partial charge in [0, 0.05) is 24.3 Å². The van der Waals surface area contributed by atoms with Gasteiger partial charge in [0.15, 0.2) is 0 Å². The fourth-order valence-corrected chi connectivity index (χ4v) is 1.99. The zero-order valence-electron chi connectivity index (χ0n) is 13.1. The monoisotopic (exact) mass is 326 g/mol. The Morgan fingerprint density at radius 3 is 2.36 bits per heavy atom. The number of esters is 2. The van der Waals surface area contributed by atoms with Gasteiger partial charge < -0.3 is 9.47 Å². The largest absolute Gasteiger partial charge is 0.465 e. The first kappa shape index (κ1) is 18.5. The summed E-state index contributed by atoms with van der Waals surface area (Å²) >= 11 is 6.02. The molecule has 0 unspecified atom stereocenters. The Bertz CT molecular complexity index is 485. The van der Waals surface area contributed by atoms with Crippen LogP contribution in [0.1, 0.15) is 38.7 Å². The van der Waals surface area contributed by atoms with Crippen LogP contribution in [0.5, 0.6) is 0 Å². The average Bonchev–Trinajstić information content (AvgIpc) is 2.47. The summed E-state index contributed by atoms with van der Waals surface area (Å²) in [5.41, 5.74) is 0.953. The predicted octanol–water partition coefficient (Wildman–Crippen LogP) is 3.80. The third kappa shape index (κ3) is 8.03. The molecule has 0 spiro atoms. The summed E-state index contributed by atoms with van der Waals surface area (Å²) in [6.45, 7) is 4.66. The molecule has 0 aliphatic carbocycles. The lowest BCUT2D eigenvalue weighted by molar-refractivity contribution is -0.146. The molecule has 0 saturated heterocycles. The number of ether oxygens (including phenoxy) is 2. The van der Waals surface area contributed by atoms with E-state index in [9.17, 15) is 9.59 Å². The van der Waals surface area contributed by atoms with Crippen LogP contribution in [0.3, 0.4) is 0 Å². The van der Waals surface area contributed by atoms with Crippen molar-refractivity contribution in [1.29, 1.82) is 0 Å². The Kier molecular flexibility index (Phi) is 8.60. The van der Waals surface area contributed by atoms with Gasteiger partial charge in [-0.15, -0.1) is 0 Å². The van der Waals surface area contributed by atoms with Crippen molar-refractivity contribution in [2.45, 2.75) is 39.5 Å². The SMILES string of the molecule is CC(C)COC(=O)CCCC(=O)OCCc1ccccc1Cl. The summed E-state index contributed by atoms with van der Waals surface area (Å²) < 4.78 is 10.2. The van der Waals surface area contributed by atoms with Gasteiger partial charge >= 0.3 is 11.9 Å². The highest BCUT2D eigenvalue weighted by atomic mass is 35.5. The summed E-state index contributed by atoms with van der Waals surface area (Å²) in [4.78, 5) is 22.9. The van der Waals surface area contributed by atoms with E-state index in [4.69, 9.17) is 21.1 Å². The lowest BCUT2D eigenvalue weighted by atomic mass is 10.2. The molecular weight excluding hydrogens is 304 g/mol. The van der Waals surface area contributed by atoms with Crippen LogP contribution in [0.2, 0.25) is 5.02 Å². The summed E-state index contributed by atoms with van der Waals surface area (Å²) in [5, 5.41) is 0.673. The highest BCUT2D eigenvalue weighted by Gasteiger charge is 2.08. The molecule has 0 saturated carbocycles. The molecule has 0 radical (unpaired) electrons. The number of carbonyl (C=O) groups excluding carboxylic acids is 2. The van der Waals surface area contributed by atoms with E-state index in [2.05, 4.69) is 0 Å². The van der Waals surface area contributed by atoms with Gasteiger partial charge in [-0.25, -0.2) is 0 Å². The van der Waals surface area contributed by atoms with Gasteiger partial charge in [0.25, 0.3) is 0 Å². The molecule has 0 fully saturated rings. The van der Waals surface area contributed by atoms with Crippen molar-refractivity contribution >= 4 is 23.5 Å². The van der Waals surface area contributed by atoms with Crippen molar-refractivity contribution in [2.75, 3.05) is 13.2 Å². The number of rotatable bonds is 9. The molecule has 0 N–H and O–H groups in total. The van der Waals surface area contributed by atoms with Gasteiger partial charge in [-0.2, -0.15) is 0 Å². The number of carbonyl (C=O) groups is 2. The maximum absolute atomic E-state index is 11.6. The van der Waals surface area contributed by atoms with Crippen LogP contribution < -0.4 is 0 Å². The fourth-order valence-electron chi connectivity index (χ4n) is 1.76. The third-order valence-electron chi connectivity index (χ3n) is 2.93. The maximum Gasteiger partial charge on any atom is 0.305 e. The quantitative estimate of drug-likeness (QED) is 0.648. The minimum absolute atomic E-state index is 0.222. The van der Waals surface area contributed by atoms with E-state index in [1.165, 1.54) is 0 Å². The second-order valence-electron chi connectivity index (χ2n) is 5.49. The molecule has 5 heteroatoms. The third-order valence-corrected chi connectivity index (χ3v) is 3.30. The van der Waals surface area contributed by atoms with E-state index in [1.54, 1.807) is 0 Å². The number of benzene rings is 1. The van der Waals surface area contributed by atoms with Crippen LogP contribution in [0, 0.1) is 5.92 Å². The van der Waals surface area contributed by atoms with Gasteiger partial charge in [0.05, 0.1) is 13.2 Å². The van der Waals surface area contributed by atoms with Crippen molar-refractivity contribution < 1.29 is 19.1 Å². The Morgan fingerprint density at radius 1 is 1.09 bits per heavy atom. The van der Waals surface area contributed by atoms with Crippen molar-refractivity contribution in [3.8, 4) is 0 Å². The highest BCUT2D eigenvalue weighted by Crippen LogP contribution is 2.15. The average molecular weight is 327 g/mol. The highest BCUT2D eigenvalue weighted by molar-refractivity contribution is 6.31. The van der Waals surface area contributed by atoms with Crippen molar-refractivity contribution in [1.82, 2.24) is 0 Å². The lowest BCUT2D eigenvalue weighted by Gasteiger charge is -2.07. The first-order valence-electron chi connectivity index (χ1n) is 7.53. The van der Waals surface area contributed by atoms with Crippen molar-refractivity contribution in [3.05, 3.63) is 34.9 Å². The summed E-state index contributed by atoms with van der Waals surface area (Å²) in [6.07, 6.45) is 1.50. The molecular formula is C17H23ClO4. The molecule has 1 aromatic rings. The van der Waals surface area contributed by atoms with Crippen molar-refractivity contribution in [2.24, 2.45) is 5.92 Å². The van der Waals surface area contributed by atoms with Gasteiger partial charge in [-0.05, 0) is 24.0 Å². The first-order chi connectivity index (χ1) is 10.5. The molecule has 22 heavy (non-hydrogen) atoms. The molecule has 0 bridgehead atoms. The van der Waals surface area contributed by atoms with E-state index < -0.39 is 0 Å². The summed E-state index contributed by atoms with van der Waals surface area (Å²) in [6, 6.07) is 7.46. The van der Waals surface area contributed by atoms with Crippen LogP contribution in [0.4, 0.5) is 0 Å². The van der Waals surface area contributed by atoms with Crippen LogP contribution >= 0.6 is 11.6 Å². The number of hydrogen-bond donors (Lipinski definition) is 0. The van der Waals surface area contributed by atoms with Gasteiger partial charge in [0.1, 0.15) is 0 Å². The van der Waals surface area contributed by atoms with E-state index in [0.717, 1.165) is 5.56 Å². The van der Waals surface area contributed by atoms with E-state index >= 15 is 0 Å². The Balaban J connectivity index is 2.11. The summed E-state index contributed by atoms with van der Waals surface area (Å²) in [7, 11) is 0. The molecule has 0 amide bonds. The van der Waals surface area contributed by atoms with Gasteiger partial charge in [-0.1, -0.05) is 43.6 Å². The molecule has 1 aromatic carbocycles. The fraction of sp³-hybridized carbons (Fsp3) is 0.529. The Morgan fingerprint density at radius 2 is 1.73 bits per heavy atom. The zero-order valence-corrected chi connectivity index (χ0v) is 13.9. The molecule has 0 aromatic heterocycles.